The van der Waals surface area contributed by atoms with Crippen LogP contribution < -0.4 is 15.3 Å². The van der Waals surface area contributed by atoms with Crippen LogP contribution in [0.3, 0.4) is 0 Å². The summed E-state index contributed by atoms with van der Waals surface area (Å²) in [6, 6.07) is 8.37. The van der Waals surface area contributed by atoms with Gasteiger partial charge in [-0.05, 0) is 68.5 Å². The zero-order valence-corrected chi connectivity index (χ0v) is 20.7. The van der Waals surface area contributed by atoms with Gasteiger partial charge < -0.3 is 18.6 Å². The highest BCUT2D eigenvalue weighted by molar-refractivity contribution is 6.36. The quantitative estimate of drug-likeness (QED) is 0.249. The third-order valence-electron chi connectivity index (χ3n) is 7.26. The predicted molar refractivity (Wildman–Crippen MR) is 137 cm³/mol. The molecule has 2 aliphatic rings. The monoisotopic (exact) mass is 511 g/mol. The van der Waals surface area contributed by atoms with Gasteiger partial charge in [-0.25, -0.2) is 9.18 Å². The number of unbranched alkanes of at least 4 members (excludes halogenated alkanes) is 1. The van der Waals surface area contributed by atoms with Crippen molar-refractivity contribution in [3.63, 3.8) is 0 Å². The van der Waals surface area contributed by atoms with Crippen LogP contribution in [-0.2, 0) is 12.8 Å². The Morgan fingerprint density at radius 1 is 1.03 bits per heavy atom. The number of nitrogens with zero attached hydrogens (tertiary/aromatic N) is 3. The number of anilines is 1. The van der Waals surface area contributed by atoms with Crippen molar-refractivity contribution in [2.75, 3.05) is 44.2 Å². The van der Waals surface area contributed by atoms with Crippen molar-refractivity contribution < 1.29 is 18.1 Å². The predicted octanol–water partition coefficient (Wildman–Crippen LogP) is 5.20. The molecule has 0 N–H and O–H groups in total. The number of aryl methyl sites for hydroxylation is 1. The number of fused-ring (bicyclic) bond motifs is 4. The number of rotatable bonds is 7. The Morgan fingerprint density at radius 3 is 2.69 bits per heavy atom. The Balaban J connectivity index is 0.986. The third-order valence-corrected chi connectivity index (χ3v) is 7.62. The average molecular weight is 512 g/mol. The Labute approximate surface area is 212 Å². The molecule has 0 saturated carbocycles. The molecule has 1 aliphatic heterocycles. The summed E-state index contributed by atoms with van der Waals surface area (Å²) in [6.07, 6.45) is 4.53. The van der Waals surface area contributed by atoms with Gasteiger partial charge in [0, 0.05) is 43.2 Å². The molecule has 2 aromatic heterocycles. The van der Waals surface area contributed by atoms with Gasteiger partial charge in [0.1, 0.15) is 16.6 Å². The molecular weight excluding hydrogens is 485 g/mol. The smallest absolute Gasteiger partial charge is 0.339 e. The van der Waals surface area contributed by atoms with Crippen molar-refractivity contribution >= 4 is 39.4 Å². The van der Waals surface area contributed by atoms with Crippen LogP contribution in [-0.4, -0.2) is 49.4 Å². The summed E-state index contributed by atoms with van der Waals surface area (Å²) in [6.45, 7) is 5.07. The van der Waals surface area contributed by atoms with Crippen LogP contribution in [0.1, 0.15) is 30.4 Å². The zero-order chi connectivity index (χ0) is 24.6. The van der Waals surface area contributed by atoms with Crippen molar-refractivity contribution in [1.82, 2.24) is 10.1 Å². The largest absolute Gasteiger partial charge is 0.492 e. The normalized spacial score (nSPS) is 16.2. The van der Waals surface area contributed by atoms with Crippen molar-refractivity contribution in [2.45, 2.75) is 32.1 Å². The summed E-state index contributed by atoms with van der Waals surface area (Å²) < 4.78 is 30.2. The molecule has 1 saturated heterocycles. The van der Waals surface area contributed by atoms with Crippen molar-refractivity contribution in [2.24, 2.45) is 0 Å². The van der Waals surface area contributed by atoms with Crippen LogP contribution in [0.2, 0.25) is 5.02 Å². The summed E-state index contributed by atoms with van der Waals surface area (Å²) >= 11 is 6.55. The molecule has 9 heteroatoms. The molecule has 188 valence electrons. The molecule has 0 unspecified atom stereocenters. The summed E-state index contributed by atoms with van der Waals surface area (Å²) in [5, 5.41) is 6.30. The van der Waals surface area contributed by atoms with E-state index in [1.165, 1.54) is 12.1 Å². The fourth-order valence-electron chi connectivity index (χ4n) is 5.34. The molecule has 3 heterocycles. The van der Waals surface area contributed by atoms with Crippen LogP contribution >= 0.6 is 11.6 Å². The lowest BCUT2D eigenvalue weighted by molar-refractivity contribution is 0.238. The van der Waals surface area contributed by atoms with Crippen molar-refractivity contribution in [3.05, 3.63) is 62.7 Å². The van der Waals surface area contributed by atoms with Crippen LogP contribution in [0.4, 0.5) is 10.2 Å². The number of benzene rings is 2. The van der Waals surface area contributed by atoms with E-state index in [4.69, 9.17) is 25.3 Å². The molecule has 1 fully saturated rings. The topological polar surface area (TPSA) is 72.0 Å². The SMILES string of the molecule is O=c1oc2c(Cl)c(OCCCCN3CCN(c4noc5cc(F)ccc45)CC3)ccc2c2c1CCC2. The number of aromatic nitrogens is 1. The zero-order valence-electron chi connectivity index (χ0n) is 19.9. The Kier molecular flexibility index (Phi) is 6.31. The maximum absolute atomic E-state index is 13.4. The summed E-state index contributed by atoms with van der Waals surface area (Å²) in [7, 11) is 0. The molecule has 36 heavy (non-hydrogen) atoms. The minimum absolute atomic E-state index is 0.278. The van der Waals surface area contributed by atoms with Crippen LogP contribution in [0.25, 0.3) is 21.9 Å². The van der Waals surface area contributed by atoms with Gasteiger partial charge in [-0.2, -0.15) is 0 Å². The molecule has 0 radical (unpaired) electrons. The summed E-state index contributed by atoms with van der Waals surface area (Å²) in [5.41, 5.74) is 2.49. The summed E-state index contributed by atoms with van der Waals surface area (Å²) in [4.78, 5) is 16.9. The molecule has 0 spiro atoms. The number of hydrogen-bond donors (Lipinski definition) is 0. The second kappa shape index (κ2) is 9.75. The molecule has 7 nitrogen and oxygen atoms in total. The number of piperazine rings is 1. The first-order valence-corrected chi connectivity index (χ1v) is 12.9. The fraction of sp³-hybridized carbons (Fsp3) is 0.407. The minimum atomic E-state index is -0.323. The van der Waals surface area contributed by atoms with Crippen LogP contribution in [0.15, 0.2) is 44.1 Å². The molecule has 0 bridgehead atoms. The molecule has 6 rings (SSSR count). The van der Waals surface area contributed by atoms with E-state index in [2.05, 4.69) is 15.0 Å². The van der Waals surface area contributed by atoms with Crippen molar-refractivity contribution in [1.29, 1.82) is 0 Å². The second-order valence-corrected chi connectivity index (χ2v) is 9.86. The van der Waals surface area contributed by atoms with Crippen LogP contribution in [0.5, 0.6) is 5.75 Å². The molecule has 1 aliphatic carbocycles. The van der Waals surface area contributed by atoms with Gasteiger partial charge in [0.25, 0.3) is 0 Å². The molecular formula is C27H27ClFN3O4. The number of ether oxygens (including phenoxy) is 1. The molecule has 2 aromatic carbocycles. The van der Waals surface area contributed by atoms with Gasteiger partial charge in [0.05, 0.1) is 12.0 Å². The van der Waals surface area contributed by atoms with E-state index < -0.39 is 0 Å². The first-order chi connectivity index (χ1) is 17.6. The standard InChI is InChI=1S/C27H27ClFN3O4/c28-24-22(9-8-19-18-4-3-5-20(18)27(33)35-25(19)24)34-15-2-1-10-31-11-13-32(14-12-31)26-21-7-6-17(29)16-23(21)36-30-26/h6-9,16H,1-5,10-15H2. The first kappa shape index (κ1) is 23.3. The average Bonchev–Trinajstić information content (AvgIpc) is 3.54. The minimum Gasteiger partial charge on any atom is -0.492 e. The van der Waals surface area contributed by atoms with Gasteiger partial charge in [0.2, 0.25) is 0 Å². The lowest BCUT2D eigenvalue weighted by atomic mass is 10.1. The van der Waals surface area contributed by atoms with E-state index in [9.17, 15) is 9.18 Å². The third kappa shape index (κ3) is 4.33. The fourth-order valence-corrected chi connectivity index (χ4v) is 5.59. The van der Waals surface area contributed by atoms with E-state index in [-0.39, 0.29) is 11.4 Å². The molecule has 0 amide bonds. The van der Waals surface area contributed by atoms with E-state index in [0.717, 1.165) is 92.5 Å². The van der Waals surface area contributed by atoms with Gasteiger partial charge in [-0.1, -0.05) is 16.8 Å². The highest BCUT2D eigenvalue weighted by atomic mass is 35.5. The van der Waals surface area contributed by atoms with Gasteiger partial charge in [-0.3, -0.25) is 4.90 Å². The highest BCUT2D eigenvalue weighted by Crippen LogP contribution is 2.36. The van der Waals surface area contributed by atoms with E-state index in [1.807, 2.05) is 12.1 Å². The number of hydrogen-bond acceptors (Lipinski definition) is 7. The Hall–Kier alpha value is -3.10. The van der Waals surface area contributed by atoms with E-state index in [1.54, 1.807) is 6.07 Å². The lowest BCUT2D eigenvalue weighted by Crippen LogP contribution is -2.46. The van der Waals surface area contributed by atoms with Gasteiger partial charge >= 0.3 is 5.63 Å². The van der Waals surface area contributed by atoms with Gasteiger partial charge in [-0.15, -0.1) is 0 Å². The van der Waals surface area contributed by atoms with E-state index in [0.29, 0.717) is 28.5 Å². The lowest BCUT2D eigenvalue weighted by Gasteiger charge is -2.34. The first-order valence-electron chi connectivity index (χ1n) is 12.5. The molecule has 4 aromatic rings. The maximum Gasteiger partial charge on any atom is 0.339 e. The summed E-state index contributed by atoms with van der Waals surface area (Å²) in [5.74, 6) is 1.02. The van der Waals surface area contributed by atoms with Crippen molar-refractivity contribution in [3.8, 4) is 5.75 Å². The van der Waals surface area contributed by atoms with Gasteiger partial charge in [0.15, 0.2) is 17.0 Å². The number of halogens is 2. The Bertz CT molecular complexity index is 1480. The van der Waals surface area contributed by atoms with Crippen LogP contribution in [0, 0.1) is 5.82 Å². The Morgan fingerprint density at radius 2 is 1.83 bits per heavy atom. The second-order valence-electron chi connectivity index (χ2n) is 9.49. The maximum atomic E-state index is 13.4. The highest BCUT2D eigenvalue weighted by Gasteiger charge is 2.23. The molecule has 0 atom stereocenters. The van der Waals surface area contributed by atoms with E-state index >= 15 is 0 Å².